The second-order valence-corrected chi connectivity index (χ2v) is 5.09. The van der Waals surface area contributed by atoms with E-state index in [0.29, 0.717) is 12.6 Å². The molecule has 0 radical (unpaired) electrons. The van der Waals surface area contributed by atoms with Crippen LogP contribution in [-0.2, 0) is 4.74 Å². The second kappa shape index (κ2) is 7.90. The van der Waals surface area contributed by atoms with Crippen molar-refractivity contribution < 1.29 is 4.74 Å². The van der Waals surface area contributed by atoms with Crippen LogP contribution in [0, 0.1) is 12.3 Å². The van der Waals surface area contributed by atoms with Gasteiger partial charge in [0.05, 0.1) is 6.61 Å². The summed E-state index contributed by atoms with van der Waals surface area (Å²) in [5.74, 6) is 0.119. The van der Waals surface area contributed by atoms with Crippen molar-refractivity contribution in [2.24, 2.45) is 5.73 Å². The second-order valence-electron chi connectivity index (χ2n) is 5.09. The molecule has 3 N–H and O–H groups in total. The third-order valence-electron chi connectivity index (χ3n) is 3.67. The van der Waals surface area contributed by atoms with Crippen molar-refractivity contribution in [1.82, 2.24) is 0 Å². The zero-order chi connectivity index (χ0) is 15.1. The number of rotatable bonds is 8. The molecule has 4 heteroatoms. The molecule has 0 heterocycles. The predicted octanol–water partition coefficient (Wildman–Crippen LogP) is 2.92. The average Bonchev–Trinajstić information content (AvgIpc) is 2.43. The number of hydrogen-bond donors (Lipinski definition) is 2. The summed E-state index contributed by atoms with van der Waals surface area (Å²) >= 11 is 0. The number of nitrogen functional groups attached to an aromatic ring is 1. The van der Waals surface area contributed by atoms with Crippen molar-refractivity contribution in [1.29, 1.82) is 5.41 Å². The Morgan fingerprint density at radius 2 is 2.00 bits per heavy atom. The summed E-state index contributed by atoms with van der Waals surface area (Å²) in [6, 6.07) is 6.49. The van der Waals surface area contributed by atoms with E-state index >= 15 is 0 Å². The number of hydrogen-bond acceptors (Lipinski definition) is 3. The molecule has 0 aliphatic carbocycles. The molecule has 0 amide bonds. The van der Waals surface area contributed by atoms with Crippen LogP contribution >= 0.6 is 0 Å². The molecule has 0 saturated heterocycles. The molecule has 1 aromatic rings. The molecule has 4 nitrogen and oxygen atoms in total. The quantitative estimate of drug-likeness (QED) is 0.567. The number of nitrogens with two attached hydrogens (primary N) is 1. The number of nitrogens with one attached hydrogen (secondary N) is 1. The van der Waals surface area contributed by atoms with E-state index in [0.717, 1.165) is 30.6 Å². The van der Waals surface area contributed by atoms with E-state index in [9.17, 15) is 0 Å². The molecule has 0 aromatic heterocycles. The smallest absolute Gasteiger partial charge is 0.124 e. The van der Waals surface area contributed by atoms with Crippen molar-refractivity contribution in [2.75, 3.05) is 25.2 Å². The van der Waals surface area contributed by atoms with Gasteiger partial charge in [0.15, 0.2) is 0 Å². The summed E-state index contributed by atoms with van der Waals surface area (Å²) in [5, 5.41) is 7.79. The van der Waals surface area contributed by atoms with Gasteiger partial charge in [-0.25, -0.2) is 0 Å². The number of amidine groups is 1. The zero-order valence-electron chi connectivity index (χ0n) is 13.1. The largest absolute Gasteiger partial charge is 0.384 e. The highest BCUT2D eigenvalue weighted by atomic mass is 16.5. The van der Waals surface area contributed by atoms with Gasteiger partial charge < -0.3 is 15.4 Å². The Morgan fingerprint density at radius 3 is 2.50 bits per heavy atom. The van der Waals surface area contributed by atoms with Gasteiger partial charge in [0.1, 0.15) is 5.84 Å². The van der Waals surface area contributed by atoms with E-state index < -0.39 is 0 Å². The average molecular weight is 277 g/mol. The Kier molecular flexibility index (Phi) is 6.52. The normalized spacial score (nSPS) is 10.8. The minimum Gasteiger partial charge on any atom is -0.384 e. The first-order valence-corrected chi connectivity index (χ1v) is 7.25. The van der Waals surface area contributed by atoms with E-state index in [1.807, 2.05) is 12.1 Å². The lowest BCUT2D eigenvalue weighted by atomic mass is 10.0. The number of nitrogens with zero attached hydrogens (tertiary/aromatic N) is 1. The molecule has 0 bridgehead atoms. The molecule has 0 unspecified atom stereocenters. The molecule has 1 rings (SSSR count). The van der Waals surface area contributed by atoms with Crippen LogP contribution in [0.2, 0.25) is 0 Å². The summed E-state index contributed by atoms with van der Waals surface area (Å²) in [7, 11) is 1.72. The summed E-state index contributed by atoms with van der Waals surface area (Å²) in [6.07, 6.45) is 2.12. The lowest BCUT2D eigenvalue weighted by Gasteiger charge is -2.34. The summed E-state index contributed by atoms with van der Waals surface area (Å²) in [5.41, 5.74) is 8.77. The number of ether oxygens (including phenoxy) is 1. The SMILES string of the molecule is CCC(CC)N(CCOC)c1cc(C)ccc1C(=N)N. The van der Waals surface area contributed by atoms with Gasteiger partial charge in [-0.05, 0) is 37.5 Å². The van der Waals surface area contributed by atoms with Gasteiger partial charge in [-0.1, -0.05) is 19.9 Å². The Labute approximate surface area is 122 Å². The van der Waals surface area contributed by atoms with Crippen molar-refractivity contribution in [3.8, 4) is 0 Å². The van der Waals surface area contributed by atoms with Crippen LogP contribution in [-0.4, -0.2) is 32.1 Å². The number of anilines is 1. The Morgan fingerprint density at radius 1 is 1.35 bits per heavy atom. The van der Waals surface area contributed by atoms with Gasteiger partial charge in [-0.15, -0.1) is 0 Å². The van der Waals surface area contributed by atoms with E-state index in [2.05, 4.69) is 31.7 Å². The first-order valence-electron chi connectivity index (χ1n) is 7.25. The van der Waals surface area contributed by atoms with Gasteiger partial charge in [-0.2, -0.15) is 0 Å². The van der Waals surface area contributed by atoms with Crippen LogP contribution in [0.4, 0.5) is 5.69 Å². The zero-order valence-corrected chi connectivity index (χ0v) is 13.1. The Hall–Kier alpha value is -1.55. The van der Waals surface area contributed by atoms with Crippen LogP contribution in [0.5, 0.6) is 0 Å². The molecular weight excluding hydrogens is 250 g/mol. The molecule has 0 spiro atoms. The maximum atomic E-state index is 7.79. The van der Waals surface area contributed by atoms with Crippen molar-refractivity contribution >= 4 is 11.5 Å². The van der Waals surface area contributed by atoms with E-state index in [4.69, 9.17) is 15.9 Å². The first-order chi connectivity index (χ1) is 9.54. The highest BCUT2D eigenvalue weighted by Gasteiger charge is 2.19. The standard InChI is InChI=1S/C16H27N3O/c1-5-13(6-2)19(9-10-20-4)15-11-12(3)7-8-14(15)16(17)18/h7-8,11,13H,5-6,9-10H2,1-4H3,(H3,17,18). The molecule has 0 aliphatic rings. The van der Waals surface area contributed by atoms with E-state index in [1.165, 1.54) is 5.56 Å². The molecule has 0 aliphatic heterocycles. The maximum absolute atomic E-state index is 7.79. The van der Waals surface area contributed by atoms with Gasteiger partial charge in [0, 0.05) is 30.9 Å². The third-order valence-corrected chi connectivity index (χ3v) is 3.67. The monoisotopic (exact) mass is 277 g/mol. The van der Waals surface area contributed by atoms with Gasteiger partial charge in [-0.3, -0.25) is 5.41 Å². The minimum atomic E-state index is 0.119. The number of benzene rings is 1. The number of aryl methyl sites for hydroxylation is 1. The van der Waals surface area contributed by atoms with Crippen molar-refractivity contribution in [3.63, 3.8) is 0 Å². The molecule has 0 saturated carbocycles. The third kappa shape index (κ3) is 3.97. The highest BCUT2D eigenvalue weighted by Crippen LogP contribution is 2.26. The van der Waals surface area contributed by atoms with Gasteiger partial charge >= 0.3 is 0 Å². The summed E-state index contributed by atoms with van der Waals surface area (Å²) in [6.45, 7) is 7.93. The van der Waals surface area contributed by atoms with E-state index in [1.54, 1.807) is 7.11 Å². The van der Waals surface area contributed by atoms with Crippen LogP contribution in [0.25, 0.3) is 0 Å². The molecule has 1 aromatic carbocycles. The Bertz CT molecular complexity index is 441. The predicted molar refractivity (Wildman–Crippen MR) is 85.8 cm³/mol. The van der Waals surface area contributed by atoms with Crippen LogP contribution in [0.3, 0.4) is 0 Å². The molecular formula is C16H27N3O. The maximum Gasteiger partial charge on any atom is 0.124 e. The fourth-order valence-corrected chi connectivity index (χ4v) is 2.53. The van der Waals surface area contributed by atoms with E-state index in [-0.39, 0.29) is 5.84 Å². The van der Waals surface area contributed by atoms with Crippen LogP contribution < -0.4 is 10.6 Å². The molecule has 20 heavy (non-hydrogen) atoms. The number of methoxy groups -OCH3 is 1. The summed E-state index contributed by atoms with van der Waals surface area (Å²) in [4.78, 5) is 2.33. The highest BCUT2D eigenvalue weighted by molar-refractivity contribution is 6.00. The first kappa shape index (κ1) is 16.5. The Balaban J connectivity index is 3.23. The minimum absolute atomic E-state index is 0.119. The van der Waals surface area contributed by atoms with Crippen molar-refractivity contribution in [2.45, 2.75) is 39.7 Å². The molecule has 112 valence electrons. The molecule has 0 atom stereocenters. The van der Waals surface area contributed by atoms with Crippen molar-refractivity contribution in [3.05, 3.63) is 29.3 Å². The lowest BCUT2D eigenvalue weighted by molar-refractivity contribution is 0.202. The van der Waals surface area contributed by atoms with Crippen LogP contribution in [0.1, 0.15) is 37.8 Å². The fourth-order valence-electron chi connectivity index (χ4n) is 2.53. The lowest BCUT2D eigenvalue weighted by Crippen LogP contribution is -2.38. The van der Waals surface area contributed by atoms with Gasteiger partial charge in [0.25, 0.3) is 0 Å². The topological polar surface area (TPSA) is 62.3 Å². The summed E-state index contributed by atoms with van der Waals surface area (Å²) < 4.78 is 5.24. The fraction of sp³-hybridized carbons (Fsp3) is 0.562. The van der Waals surface area contributed by atoms with Crippen LogP contribution in [0.15, 0.2) is 18.2 Å². The van der Waals surface area contributed by atoms with Gasteiger partial charge in [0.2, 0.25) is 0 Å². The molecule has 0 fully saturated rings.